The summed E-state index contributed by atoms with van der Waals surface area (Å²) in [6.45, 7) is 0. The molecule has 0 saturated carbocycles. The van der Waals surface area contributed by atoms with Crippen molar-refractivity contribution in [2.24, 2.45) is 0 Å². The number of benzene rings is 3. The number of rotatable bonds is 9. The van der Waals surface area contributed by atoms with Crippen LogP contribution in [0.3, 0.4) is 0 Å². The van der Waals surface area contributed by atoms with Crippen LogP contribution in [0.5, 0.6) is 17.2 Å². The lowest BCUT2D eigenvalue weighted by Crippen LogP contribution is -2.18. The summed E-state index contributed by atoms with van der Waals surface area (Å²) in [7, 11) is 1.02. The van der Waals surface area contributed by atoms with Crippen molar-refractivity contribution in [1.29, 1.82) is 0 Å². The Kier molecular flexibility index (Phi) is 8.28. The zero-order valence-corrected chi connectivity index (χ0v) is 21.3. The lowest BCUT2D eigenvalue weighted by Gasteiger charge is -2.16. The van der Waals surface area contributed by atoms with Gasteiger partial charge in [0.15, 0.2) is 11.5 Å². The smallest absolute Gasteiger partial charge is 0.340 e. The first kappa shape index (κ1) is 26.6. The predicted molar refractivity (Wildman–Crippen MR) is 134 cm³/mol. The minimum absolute atomic E-state index is 0.0956. The quantitative estimate of drug-likeness (QED) is 0.391. The van der Waals surface area contributed by atoms with Gasteiger partial charge in [0.05, 0.1) is 50.3 Å². The van der Waals surface area contributed by atoms with Crippen LogP contribution in [0.4, 0.5) is 11.4 Å². The van der Waals surface area contributed by atoms with Crippen LogP contribution in [0.2, 0.25) is 5.02 Å². The number of nitrogens with one attached hydrogen (secondary N) is 2. The Bertz CT molecular complexity index is 1410. The monoisotopic (exact) mass is 534 g/mol. The second-order valence-corrected chi connectivity index (χ2v) is 9.30. The molecule has 0 fully saturated rings. The highest BCUT2D eigenvalue weighted by atomic mass is 35.5. The van der Waals surface area contributed by atoms with Gasteiger partial charge in [0, 0.05) is 22.7 Å². The fourth-order valence-electron chi connectivity index (χ4n) is 3.22. The molecule has 0 bridgehead atoms. The number of carbonyl (C=O) groups excluding carboxylic acids is 2. The number of methoxy groups -OCH3 is 4. The Morgan fingerprint density at radius 3 is 2.08 bits per heavy atom. The zero-order valence-electron chi connectivity index (χ0n) is 19.7. The highest BCUT2D eigenvalue weighted by Gasteiger charge is 2.24. The molecular weight excluding hydrogens is 512 g/mol. The van der Waals surface area contributed by atoms with Crippen LogP contribution in [0.1, 0.15) is 20.7 Å². The number of sulfonamides is 1. The van der Waals surface area contributed by atoms with Gasteiger partial charge >= 0.3 is 5.97 Å². The highest BCUT2D eigenvalue weighted by Crippen LogP contribution is 2.35. The van der Waals surface area contributed by atoms with Gasteiger partial charge in [-0.3, -0.25) is 9.52 Å². The summed E-state index contributed by atoms with van der Waals surface area (Å²) in [6, 6.07) is 12.8. The molecule has 3 rings (SSSR count). The summed E-state index contributed by atoms with van der Waals surface area (Å²) < 4.78 is 49.3. The maximum Gasteiger partial charge on any atom is 0.340 e. The van der Waals surface area contributed by atoms with Crippen molar-refractivity contribution in [2.45, 2.75) is 4.90 Å². The third-order valence-corrected chi connectivity index (χ3v) is 6.59. The van der Waals surface area contributed by atoms with Crippen LogP contribution < -0.4 is 24.2 Å². The molecule has 3 aromatic rings. The Hall–Kier alpha value is -3.96. The van der Waals surface area contributed by atoms with Gasteiger partial charge in [0.1, 0.15) is 5.75 Å². The Morgan fingerprint density at radius 1 is 0.806 bits per heavy atom. The molecule has 0 heterocycles. The van der Waals surface area contributed by atoms with Crippen molar-refractivity contribution in [2.75, 3.05) is 38.5 Å². The lowest BCUT2D eigenvalue weighted by atomic mass is 10.1. The molecule has 0 aromatic heterocycles. The Labute approximate surface area is 213 Å². The molecule has 3 aromatic carbocycles. The van der Waals surface area contributed by atoms with Crippen LogP contribution in [-0.2, 0) is 14.8 Å². The van der Waals surface area contributed by atoms with E-state index in [1.165, 1.54) is 57.7 Å². The van der Waals surface area contributed by atoms with Gasteiger partial charge in [-0.2, -0.15) is 0 Å². The van der Waals surface area contributed by atoms with E-state index in [9.17, 15) is 18.0 Å². The molecule has 0 atom stereocenters. The second kappa shape index (κ2) is 11.2. The number of halogens is 1. The molecule has 2 N–H and O–H groups in total. The molecule has 0 aliphatic rings. The van der Waals surface area contributed by atoms with Gasteiger partial charge in [-0.25, -0.2) is 13.2 Å². The average Bonchev–Trinajstić information content (AvgIpc) is 2.87. The number of amides is 1. The van der Waals surface area contributed by atoms with Crippen molar-refractivity contribution < 1.29 is 37.0 Å². The normalized spacial score (nSPS) is 10.8. The largest absolute Gasteiger partial charge is 0.495 e. The highest BCUT2D eigenvalue weighted by molar-refractivity contribution is 7.92. The Balaban J connectivity index is 2.00. The van der Waals surface area contributed by atoms with E-state index in [2.05, 4.69) is 10.0 Å². The van der Waals surface area contributed by atoms with Crippen molar-refractivity contribution >= 4 is 44.9 Å². The third kappa shape index (κ3) is 5.81. The van der Waals surface area contributed by atoms with E-state index in [1.807, 2.05) is 0 Å². The fraction of sp³-hybridized carbons (Fsp3) is 0.167. The topological polar surface area (TPSA) is 129 Å². The SMILES string of the molecule is COC(=O)c1cc(OC)c(OC)cc1NS(=O)(=O)c1ccc(OC)c(NC(=O)c2cccc(Cl)c2)c1. The molecule has 0 unspecified atom stereocenters. The summed E-state index contributed by atoms with van der Waals surface area (Å²) in [6.07, 6.45) is 0. The van der Waals surface area contributed by atoms with E-state index in [-0.39, 0.29) is 44.6 Å². The maximum atomic E-state index is 13.3. The third-order valence-electron chi connectivity index (χ3n) is 4.99. The summed E-state index contributed by atoms with van der Waals surface area (Å²) in [5, 5.41) is 3.00. The van der Waals surface area contributed by atoms with E-state index in [0.29, 0.717) is 5.02 Å². The van der Waals surface area contributed by atoms with E-state index in [1.54, 1.807) is 18.2 Å². The summed E-state index contributed by atoms with van der Waals surface area (Å²) in [5.41, 5.74) is 0.177. The van der Waals surface area contributed by atoms with Gasteiger partial charge in [0.25, 0.3) is 15.9 Å². The first-order chi connectivity index (χ1) is 17.1. The van der Waals surface area contributed by atoms with Crippen LogP contribution >= 0.6 is 11.6 Å². The molecule has 0 aliphatic heterocycles. The van der Waals surface area contributed by atoms with E-state index in [4.69, 9.17) is 30.5 Å². The number of hydrogen-bond acceptors (Lipinski definition) is 8. The van der Waals surface area contributed by atoms with Gasteiger partial charge in [-0.15, -0.1) is 0 Å². The first-order valence-corrected chi connectivity index (χ1v) is 12.1. The van der Waals surface area contributed by atoms with E-state index in [0.717, 1.165) is 7.11 Å². The summed E-state index contributed by atoms with van der Waals surface area (Å²) in [4.78, 5) is 24.8. The van der Waals surface area contributed by atoms with Crippen LogP contribution in [0.25, 0.3) is 0 Å². The molecule has 190 valence electrons. The standard InChI is InChI=1S/C24H23ClN2O8S/c1-32-20-9-8-16(11-19(20)26-23(28)14-6-5-7-15(25)10-14)36(30,31)27-18-13-22(34-3)21(33-2)12-17(18)24(29)35-4/h5-13,27H,1-4H3,(H,26,28). The second-order valence-electron chi connectivity index (χ2n) is 7.18. The van der Waals surface area contributed by atoms with E-state index >= 15 is 0 Å². The zero-order chi connectivity index (χ0) is 26.5. The Morgan fingerprint density at radius 2 is 1.47 bits per heavy atom. The molecule has 1 amide bonds. The molecule has 12 heteroatoms. The lowest BCUT2D eigenvalue weighted by molar-refractivity contribution is 0.0601. The number of carbonyl (C=O) groups is 2. The van der Waals surface area contributed by atoms with Crippen LogP contribution in [0.15, 0.2) is 59.5 Å². The number of esters is 1. The molecule has 10 nitrogen and oxygen atoms in total. The minimum Gasteiger partial charge on any atom is -0.495 e. The van der Waals surface area contributed by atoms with Crippen molar-refractivity contribution in [3.8, 4) is 17.2 Å². The van der Waals surface area contributed by atoms with Gasteiger partial charge in [-0.05, 0) is 36.4 Å². The predicted octanol–water partition coefficient (Wildman–Crippen LogP) is 4.21. The van der Waals surface area contributed by atoms with Gasteiger partial charge < -0.3 is 24.3 Å². The summed E-state index contributed by atoms with van der Waals surface area (Å²) in [5.74, 6) is -0.696. The maximum absolute atomic E-state index is 13.3. The molecule has 0 saturated heterocycles. The van der Waals surface area contributed by atoms with E-state index < -0.39 is 21.9 Å². The molecule has 0 radical (unpaired) electrons. The fourth-order valence-corrected chi connectivity index (χ4v) is 4.51. The molecule has 0 aliphatic carbocycles. The number of ether oxygens (including phenoxy) is 4. The van der Waals surface area contributed by atoms with Crippen molar-refractivity contribution in [1.82, 2.24) is 0 Å². The number of anilines is 2. The minimum atomic E-state index is -4.26. The number of hydrogen-bond donors (Lipinski definition) is 2. The summed E-state index contributed by atoms with van der Waals surface area (Å²) >= 11 is 5.96. The van der Waals surface area contributed by atoms with Gasteiger partial charge in [0.2, 0.25) is 0 Å². The molecular formula is C24H23ClN2O8S. The van der Waals surface area contributed by atoms with Crippen LogP contribution in [0, 0.1) is 0 Å². The average molecular weight is 535 g/mol. The van der Waals surface area contributed by atoms with Gasteiger partial charge in [-0.1, -0.05) is 17.7 Å². The van der Waals surface area contributed by atoms with Crippen molar-refractivity contribution in [3.05, 3.63) is 70.7 Å². The van der Waals surface area contributed by atoms with Crippen LogP contribution in [-0.4, -0.2) is 48.7 Å². The first-order valence-electron chi connectivity index (χ1n) is 10.3. The van der Waals surface area contributed by atoms with Crippen molar-refractivity contribution in [3.63, 3.8) is 0 Å². The molecule has 0 spiro atoms. The molecule has 36 heavy (non-hydrogen) atoms.